The minimum absolute atomic E-state index is 0.126. The lowest BCUT2D eigenvalue weighted by molar-refractivity contribution is -0.141. The summed E-state index contributed by atoms with van der Waals surface area (Å²) in [5.41, 5.74) is 0. The van der Waals surface area contributed by atoms with Crippen LogP contribution in [0.15, 0.2) is 0 Å². The predicted octanol–water partition coefficient (Wildman–Crippen LogP) is 1.98. The molecule has 0 aromatic carbocycles. The van der Waals surface area contributed by atoms with E-state index in [2.05, 4.69) is 18.7 Å². The third-order valence-corrected chi connectivity index (χ3v) is 5.87. The Bertz CT molecular complexity index is 448. The normalized spacial score (nSPS) is 21.8. The van der Waals surface area contributed by atoms with Crippen LogP contribution in [0.5, 0.6) is 0 Å². The first kappa shape index (κ1) is 21.2. The van der Waals surface area contributed by atoms with Gasteiger partial charge in [0.1, 0.15) is 0 Å². The second kappa shape index (κ2) is 10.9. The Hall–Kier alpha value is -1.14. The van der Waals surface area contributed by atoms with Crippen LogP contribution in [0.25, 0.3) is 0 Å². The van der Waals surface area contributed by atoms with E-state index in [9.17, 15) is 9.59 Å². The Morgan fingerprint density at radius 1 is 1.15 bits per heavy atom. The first-order chi connectivity index (χ1) is 12.6. The van der Waals surface area contributed by atoms with Gasteiger partial charge < -0.3 is 14.5 Å². The first-order valence-corrected chi connectivity index (χ1v) is 10.4. The number of morpholine rings is 1. The Labute approximate surface area is 158 Å². The molecule has 1 atom stereocenters. The van der Waals surface area contributed by atoms with Gasteiger partial charge in [0.25, 0.3) is 0 Å². The highest BCUT2D eigenvalue weighted by Gasteiger charge is 2.31. The fourth-order valence-corrected chi connectivity index (χ4v) is 4.19. The van der Waals surface area contributed by atoms with Gasteiger partial charge in [-0.05, 0) is 32.1 Å². The van der Waals surface area contributed by atoms with Gasteiger partial charge in [-0.15, -0.1) is 0 Å². The molecule has 1 unspecified atom stereocenters. The maximum absolute atomic E-state index is 12.7. The minimum Gasteiger partial charge on any atom is -0.379 e. The Morgan fingerprint density at radius 2 is 1.85 bits per heavy atom. The first-order valence-electron chi connectivity index (χ1n) is 10.4. The molecule has 0 aliphatic carbocycles. The predicted molar refractivity (Wildman–Crippen MR) is 103 cm³/mol. The van der Waals surface area contributed by atoms with Gasteiger partial charge in [0.05, 0.1) is 13.2 Å². The van der Waals surface area contributed by atoms with Crippen molar-refractivity contribution >= 4 is 11.8 Å². The third-order valence-electron chi connectivity index (χ3n) is 5.87. The van der Waals surface area contributed by atoms with Gasteiger partial charge in [0.2, 0.25) is 11.8 Å². The van der Waals surface area contributed by atoms with Crippen molar-refractivity contribution in [1.29, 1.82) is 0 Å². The zero-order chi connectivity index (χ0) is 18.9. The SMILES string of the molecule is CCC(CC)C(=O)N1CCCC(N(CCCN2CCOCC2)C(C)=O)C1. The molecule has 2 fully saturated rings. The van der Waals surface area contributed by atoms with Crippen molar-refractivity contribution in [1.82, 2.24) is 14.7 Å². The van der Waals surface area contributed by atoms with Crippen molar-refractivity contribution in [3.8, 4) is 0 Å². The van der Waals surface area contributed by atoms with Crippen molar-refractivity contribution in [3.63, 3.8) is 0 Å². The van der Waals surface area contributed by atoms with Crippen molar-refractivity contribution in [2.45, 2.75) is 58.9 Å². The van der Waals surface area contributed by atoms with Gasteiger partial charge in [-0.2, -0.15) is 0 Å². The molecule has 2 aliphatic rings. The van der Waals surface area contributed by atoms with E-state index in [1.165, 1.54) is 0 Å². The largest absolute Gasteiger partial charge is 0.379 e. The summed E-state index contributed by atoms with van der Waals surface area (Å²) < 4.78 is 5.39. The highest BCUT2D eigenvalue weighted by atomic mass is 16.5. The maximum atomic E-state index is 12.7. The average Bonchev–Trinajstić information content (AvgIpc) is 2.66. The van der Waals surface area contributed by atoms with E-state index in [1.54, 1.807) is 6.92 Å². The van der Waals surface area contributed by atoms with Crippen LogP contribution in [0.3, 0.4) is 0 Å². The number of likely N-dealkylation sites (tertiary alicyclic amines) is 1. The summed E-state index contributed by atoms with van der Waals surface area (Å²) in [6, 6.07) is 0.171. The van der Waals surface area contributed by atoms with Crippen molar-refractivity contribution in [3.05, 3.63) is 0 Å². The molecule has 2 amide bonds. The van der Waals surface area contributed by atoms with Gasteiger partial charge >= 0.3 is 0 Å². The topological polar surface area (TPSA) is 53.1 Å². The standard InChI is InChI=1S/C20H37N3O3/c1-4-18(5-2)20(25)22-10-6-8-19(16-22)23(17(3)24)11-7-9-21-12-14-26-15-13-21/h18-19H,4-16H2,1-3H3. The summed E-state index contributed by atoms with van der Waals surface area (Å²) >= 11 is 0. The quantitative estimate of drug-likeness (QED) is 0.658. The van der Waals surface area contributed by atoms with Crippen LogP contribution < -0.4 is 0 Å². The van der Waals surface area contributed by atoms with E-state index in [4.69, 9.17) is 4.74 Å². The highest BCUT2D eigenvalue weighted by Crippen LogP contribution is 2.21. The molecule has 2 saturated heterocycles. The van der Waals surface area contributed by atoms with Crippen LogP contribution in [-0.4, -0.2) is 85.0 Å². The molecule has 0 bridgehead atoms. The number of piperidine rings is 1. The Morgan fingerprint density at radius 3 is 2.46 bits per heavy atom. The molecule has 150 valence electrons. The minimum atomic E-state index is 0.126. The average molecular weight is 368 g/mol. The van der Waals surface area contributed by atoms with E-state index in [0.717, 1.165) is 78.0 Å². The maximum Gasteiger partial charge on any atom is 0.225 e. The summed E-state index contributed by atoms with van der Waals surface area (Å²) in [6.45, 7) is 12.8. The molecule has 0 radical (unpaired) electrons. The summed E-state index contributed by atoms with van der Waals surface area (Å²) in [6.07, 6.45) is 4.77. The molecule has 0 aromatic heterocycles. The number of carbonyl (C=O) groups is 2. The van der Waals surface area contributed by atoms with E-state index in [-0.39, 0.29) is 23.8 Å². The number of amides is 2. The molecule has 0 saturated carbocycles. The number of ether oxygens (including phenoxy) is 1. The number of nitrogens with zero attached hydrogens (tertiary/aromatic N) is 3. The van der Waals surface area contributed by atoms with Gasteiger partial charge in [0, 0.05) is 58.2 Å². The second-order valence-electron chi connectivity index (χ2n) is 7.61. The number of hydrogen-bond donors (Lipinski definition) is 0. The summed E-state index contributed by atoms with van der Waals surface area (Å²) in [4.78, 5) is 31.4. The highest BCUT2D eigenvalue weighted by molar-refractivity contribution is 5.79. The van der Waals surface area contributed by atoms with Crippen LogP contribution in [0.1, 0.15) is 52.9 Å². The molecule has 2 rings (SSSR count). The molecule has 0 spiro atoms. The van der Waals surface area contributed by atoms with Crippen LogP contribution >= 0.6 is 0 Å². The molecule has 2 heterocycles. The third kappa shape index (κ3) is 5.95. The van der Waals surface area contributed by atoms with E-state index < -0.39 is 0 Å². The molecule has 6 nitrogen and oxygen atoms in total. The Balaban J connectivity index is 1.87. The van der Waals surface area contributed by atoms with E-state index >= 15 is 0 Å². The zero-order valence-electron chi connectivity index (χ0n) is 16.9. The van der Waals surface area contributed by atoms with Gasteiger partial charge in [-0.1, -0.05) is 13.8 Å². The monoisotopic (exact) mass is 367 g/mol. The van der Waals surface area contributed by atoms with Crippen molar-refractivity contribution < 1.29 is 14.3 Å². The molecular weight excluding hydrogens is 330 g/mol. The summed E-state index contributed by atoms with van der Waals surface area (Å²) in [7, 11) is 0. The van der Waals surface area contributed by atoms with Crippen LogP contribution in [-0.2, 0) is 14.3 Å². The van der Waals surface area contributed by atoms with E-state index in [1.807, 2.05) is 9.80 Å². The van der Waals surface area contributed by atoms with Crippen LogP contribution in [0.4, 0.5) is 0 Å². The zero-order valence-corrected chi connectivity index (χ0v) is 16.9. The number of hydrogen-bond acceptors (Lipinski definition) is 4. The summed E-state index contributed by atoms with van der Waals surface area (Å²) in [5.74, 6) is 0.533. The van der Waals surface area contributed by atoms with Gasteiger partial charge in [-0.25, -0.2) is 0 Å². The molecule has 26 heavy (non-hydrogen) atoms. The molecule has 0 aromatic rings. The van der Waals surface area contributed by atoms with Gasteiger partial charge in [0.15, 0.2) is 0 Å². The summed E-state index contributed by atoms with van der Waals surface area (Å²) in [5, 5.41) is 0. The van der Waals surface area contributed by atoms with Crippen LogP contribution in [0.2, 0.25) is 0 Å². The lowest BCUT2D eigenvalue weighted by Crippen LogP contribution is -2.52. The molecule has 0 N–H and O–H groups in total. The lowest BCUT2D eigenvalue weighted by atomic mass is 9.98. The smallest absolute Gasteiger partial charge is 0.225 e. The van der Waals surface area contributed by atoms with Crippen molar-refractivity contribution in [2.24, 2.45) is 5.92 Å². The fourth-order valence-electron chi connectivity index (χ4n) is 4.19. The lowest BCUT2D eigenvalue weighted by Gasteiger charge is -2.40. The Kier molecular flexibility index (Phi) is 8.85. The van der Waals surface area contributed by atoms with Crippen LogP contribution in [0, 0.1) is 5.92 Å². The molecular formula is C20H37N3O3. The van der Waals surface area contributed by atoms with Gasteiger partial charge in [-0.3, -0.25) is 14.5 Å². The fraction of sp³-hybridized carbons (Fsp3) is 0.900. The molecule has 6 heteroatoms. The second-order valence-corrected chi connectivity index (χ2v) is 7.61. The number of carbonyl (C=O) groups excluding carboxylic acids is 2. The number of rotatable bonds is 8. The van der Waals surface area contributed by atoms with Crippen molar-refractivity contribution in [2.75, 3.05) is 52.5 Å². The van der Waals surface area contributed by atoms with E-state index in [0.29, 0.717) is 6.54 Å². The molecule has 2 aliphatic heterocycles.